The van der Waals surface area contributed by atoms with Gasteiger partial charge in [0.25, 0.3) is 5.91 Å². The molecule has 2 aromatic carbocycles. The van der Waals surface area contributed by atoms with E-state index in [0.29, 0.717) is 42.5 Å². The Kier molecular flexibility index (Phi) is 7.01. The molecule has 0 fully saturated rings. The van der Waals surface area contributed by atoms with Crippen LogP contribution in [-0.4, -0.2) is 41.0 Å². The van der Waals surface area contributed by atoms with Crippen LogP contribution in [0.1, 0.15) is 34.1 Å². The number of carbonyl (C=O) groups is 1. The van der Waals surface area contributed by atoms with Gasteiger partial charge in [0.05, 0.1) is 19.9 Å². The SMILES string of the molecule is CCN(Cc1ccc(OC)c(OC)c1)C(=O)c1ccc(OCc2cn3cc(C)ccc3n2)cc1. The summed E-state index contributed by atoms with van der Waals surface area (Å²) in [5.74, 6) is 1.95. The molecule has 176 valence electrons. The normalized spacial score (nSPS) is 10.8. The summed E-state index contributed by atoms with van der Waals surface area (Å²) in [6.07, 6.45) is 4.00. The summed E-state index contributed by atoms with van der Waals surface area (Å²) in [4.78, 5) is 19.5. The summed E-state index contributed by atoms with van der Waals surface area (Å²) >= 11 is 0. The molecule has 0 radical (unpaired) electrons. The highest BCUT2D eigenvalue weighted by atomic mass is 16.5. The van der Waals surface area contributed by atoms with E-state index in [1.807, 2.05) is 73.1 Å². The molecule has 0 aliphatic heterocycles. The maximum Gasteiger partial charge on any atom is 0.254 e. The van der Waals surface area contributed by atoms with Crippen LogP contribution in [-0.2, 0) is 13.2 Å². The lowest BCUT2D eigenvalue weighted by molar-refractivity contribution is 0.0752. The highest BCUT2D eigenvalue weighted by molar-refractivity contribution is 5.94. The molecule has 2 heterocycles. The standard InChI is InChI=1S/C27H29N3O4/c1-5-29(16-20-7-12-24(32-3)25(14-20)33-4)27(31)21-8-10-23(11-9-21)34-18-22-17-30-15-19(2)6-13-26(30)28-22/h6-15,17H,5,16,18H2,1-4H3. The number of imidazole rings is 1. The van der Waals surface area contributed by atoms with Crippen molar-refractivity contribution in [2.45, 2.75) is 27.0 Å². The van der Waals surface area contributed by atoms with Crippen LogP contribution in [0.4, 0.5) is 0 Å². The molecule has 2 aromatic heterocycles. The van der Waals surface area contributed by atoms with Gasteiger partial charge in [-0.05, 0) is 67.4 Å². The molecule has 34 heavy (non-hydrogen) atoms. The zero-order valence-electron chi connectivity index (χ0n) is 19.9. The minimum atomic E-state index is -0.0421. The number of carbonyl (C=O) groups excluding carboxylic acids is 1. The molecule has 0 saturated heterocycles. The van der Waals surface area contributed by atoms with Crippen molar-refractivity contribution in [1.29, 1.82) is 0 Å². The summed E-state index contributed by atoms with van der Waals surface area (Å²) in [6, 6.07) is 16.9. The van der Waals surface area contributed by atoms with Gasteiger partial charge < -0.3 is 23.5 Å². The van der Waals surface area contributed by atoms with Crippen LogP contribution in [0.15, 0.2) is 67.0 Å². The second-order valence-corrected chi connectivity index (χ2v) is 8.03. The van der Waals surface area contributed by atoms with Crippen molar-refractivity contribution >= 4 is 11.6 Å². The third-order valence-corrected chi connectivity index (χ3v) is 5.63. The van der Waals surface area contributed by atoms with Gasteiger partial charge in [0, 0.05) is 31.0 Å². The van der Waals surface area contributed by atoms with Crippen LogP contribution in [0.25, 0.3) is 5.65 Å². The van der Waals surface area contributed by atoms with Crippen LogP contribution >= 0.6 is 0 Å². The van der Waals surface area contributed by atoms with Crippen molar-refractivity contribution in [3.05, 3.63) is 89.4 Å². The number of aromatic nitrogens is 2. The summed E-state index contributed by atoms with van der Waals surface area (Å²) in [6.45, 7) is 5.42. The third kappa shape index (κ3) is 5.14. The second kappa shape index (κ2) is 10.3. The highest BCUT2D eigenvalue weighted by Crippen LogP contribution is 2.28. The van der Waals surface area contributed by atoms with Gasteiger partial charge >= 0.3 is 0 Å². The zero-order valence-corrected chi connectivity index (χ0v) is 19.9. The van der Waals surface area contributed by atoms with E-state index < -0.39 is 0 Å². The van der Waals surface area contributed by atoms with Gasteiger partial charge in [0.2, 0.25) is 0 Å². The molecule has 0 saturated carbocycles. The maximum atomic E-state index is 13.1. The quantitative estimate of drug-likeness (QED) is 0.356. The monoisotopic (exact) mass is 459 g/mol. The fourth-order valence-corrected chi connectivity index (χ4v) is 3.79. The highest BCUT2D eigenvalue weighted by Gasteiger charge is 2.16. The Morgan fingerprint density at radius 2 is 1.74 bits per heavy atom. The number of methoxy groups -OCH3 is 2. The number of rotatable bonds is 9. The summed E-state index contributed by atoms with van der Waals surface area (Å²) in [5.41, 5.74) is 4.48. The molecule has 4 rings (SSSR count). The van der Waals surface area contributed by atoms with Gasteiger partial charge in [-0.3, -0.25) is 4.79 Å². The van der Waals surface area contributed by atoms with Gasteiger partial charge in [0.1, 0.15) is 18.0 Å². The van der Waals surface area contributed by atoms with Crippen molar-refractivity contribution < 1.29 is 19.0 Å². The first-order valence-electron chi connectivity index (χ1n) is 11.2. The molecule has 0 spiro atoms. The van der Waals surface area contributed by atoms with Crippen LogP contribution in [0, 0.1) is 6.92 Å². The predicted molar refractivity (Wildman–Crippen MR) is 131 cm³/mol. The average Bonchev–Trinajstić information content (AvgIpc) is 3.27. The van der Waals surface area contributed by atoms with Gasteiger partial charge in [-0.2, -0.15) is 0 Å². The Hall–Kier alpha value is -4.00. The minimum absolute atomic E-state index is 0.0421. The molecule has 1 amide bonds. The number of fused-ring (bicyclic) bond motifs is 1. The third-order valence-electron chi connectivity index (χ3n) is 5.63. The summed E-state index contributed by atoms with van der Waals surface area (Å²) < 4.78 is 18.6. The minimum Gasteiger partial charge on any atom is -0.493 e. The zero-order chi connectivity index (χ0) is 24.1. The number of hydrogen-bond acceptors (Lipinski definition) is 5. The first-order valence-corrected chi connectivity index (χ1v) is 11.2. The lowest BCUT2D eigenvalue weighted by Gasteiger charge is -2.22. The molecule has 0 aliphatic rings. The van der Waals surface area contributed by atoms with E-state index in [9.17, 15) is 4.79 Å². The van der Waals surface area contributed by atoms with Gasteiger partial charge in [-0.1, -0.05) is 12.1 Å². The molecule has 0 aliphatic carbocycles. The second-order valence-electron chi connectivity index (χ2n) is 8.03. The topological polar surface area (TPSA) is 65.3 Å². The van der Waals surface area contributed by atoms with E-state index in [1.165, 1.54) is 5.56 Å². The molecule has 0 atom stereocenters. The Bertz CT molecular complexity index is 1280. The van der Waals surface area contributed by atoms with E-state index >= 15 is 0 Å². The van der Waals surface area contributed by atoms with E-state index in [-0.39, 0.29) is 5.91 Å². The Labute approximate surface area is 199 Å². The van der Waals surface area contributed by atoms with Crippen molar-refractivity contribution in [2.75, 3.05) is 20.8 Å². The average molecular weight is 460 g/mol. The fourth-order valence-electron chi connectivity index (χ4n) is 3.79. The summed E-state index contributed by atoms with van der Waals surface area (Å²) in [7, 11) is 3.20. The smallest absolute Gasteiger partial charge is 0.254 e. The largest absolute Gasteiger partial charge is 0.493 e. The number of pyridine rings is 1. The van der Waals surface area contributed by atoms with Crippen molar-refractivity contribution in [1.82, 2.24) is 14.3 Å². The van der Waals surface area contributed by atoms with Crippen LogP contribution < -0.4 is 14.2 Å². The maximum absolute atomic E-state index is 13.1. The predicted octanol–water partition coefficient (Wildman–Crippen LogP) is 4.90. The molecule has 0 bridgehead atoms. The lowest BCUT2D eigenvalue weighted by Crippen LogP contribution is -2.30. The molecule has 0 unspecified atom stereocenters. The Morgan fingerprint density at radius 3 is 2.44 bits per heavy atom. The van der Waals surface area contributed by atoms with Gasteiger partial charge in [0.15, 0.2) is 11.5 Å². The van der Waals surface area contributed by atoms with Gasteiger partial charge in [-0.25, -0.2) is 4.98 Å². The Morgan fingerprint density at radius 1 is 0.971 bits per heavy atom. The van der Waals surface area contributed by atoms with Crippen LogP contribution in [0.5, 0.6) is 17.2 Å². The number of benzene rings is 2. The first-order chi connectivity index (χ1) is 16.5. The number of amides is 1. The molecule has 7 nitrogen and oxygen atoms in total. The molecule has 7 heteroatoms. The molecular formula is C27H29N3O4. The molecule has 0 N–H and O–H groups in total. The van der Waals surface area contributed by atoms with Crippen molar-refractivity contribution in [3.8, 4) is 17.2 Å². The van der Waals surface area contributed by atoms with E-state index in [0.717, 1.165) is 16.9 Å². The number of aryl methyl sites for hydroxylation is 1. The molecular weight excluding hydrogens is 430 g/mol. The van der Waals surface area contributed by atoms with E-state index in [4.69, 9.17) is 14.2 Å². The summed E-state index contributed by atoms with van der Waals surface area (Å²) in [5, 5.41) is 0. The van der Waals surface area contributed by atoms with Crippen LogP contribution in [0.2, 0.25) is 0 Å². The Balaban J connectivity index is 1.40. The molecule has 4 aromatic rings. The lowest BCUT2D eigenvalue weighted by atomic mass is 10.1. The van der Waals surface area contributed by atoms with Crippen LogP contribution in [0.3, 0.4) is 0 Å². The van der Waals surface area contributed by atoms with E-state index in [1.54, 1.807) is 31.3 Å². The fraction of sp³-hybridized carbons (Fsp3) is 0.259. The number of ether oxygens (including phenoxy) is 3. The first kappa shape index (κ1) is 23.2. The number of nitrogens with zero attached hydrogens (tertiary/aromatic N) is 3. The van der Waals surface area contributed by atoms with Crippen molar-refractivity contribution in [2.24, 2.45) is 0 Å². The van der Waals surface area contributed by atoms with Crippen molar-refractivity contribution in [3.63, 3.8) is 0 Å². The number of hydrogen-bond donors (Lipinski definition) is 0. The van der Waals surface area contributed by atoms with Gasteiger partial charge in [-0.15, -0.1) is 0 Å². The van der Waals surface area contributed by atoms with E-state index in [2.05, 4.69) is 4.98 Å².